The number of carbonyl (C=O) groups excluding carboxylic acids is 1. The lowest BCUT2D eigenvalue weighted by atomic mass is 10.2. The van der Waals surface area contributed by atoms with Crippen LogP contribution in [-0.4, -0.2) is 28.3 Å². The summed E-state index contributed by atoms with van der Waals surface area (Å²) in [7, 11) is 1.56. The van der Waals surface area contributed by atoms with Crippen LogP contribution in [0.4, 0.5) is 5.69 Å². The highest BCUT2D eigenvalue weighted by Gasteiger charge is 2.16. The molecule has 0 aliphatic carbocycles. The third kappa shape index (κ3) is 4.75. The van der Waals surface area contributed by atoms with Crippen molar-refractivity contribution in [1.29, 1.82) is 0 Å². The summed E-state index contributed by atoms with van der Waals surface area (Å²) < 4.78 is 6.62. The smallest absolute Gasteiger partial charge is 0.266 e. The summed E-state index contributed by atoms with van der Waals surface area (Å²) in [6.07, 6.45) is 0. The molecule has 4 aromatic rings. The number of aromatic nitrogens is 2. The maximum atomic E-state index is 13.3. The second-order valence-electron chi connectivity index (χ2n) is 6.72. The number of hydrogen-bond donors (Lipinski definition) is 1. The number of nitrogens with one attached hydrogen (secondary N) is 1. The summed E-state index contributed by atoms with van der Waals surface area (Å²) in [6, 6.07) is 19.0. The molecule has 0 radical (unpaired) electrons. The Morgan fingerprint density at radius 1 is 1.06 bits per heavy atom. The van der Waals surface area contributed by atoms with Gasteiger partial charge in [-0.05, 0) is 42.5 Å². The van der Waals surface area contributed by atoms with E-state index >= 15 is 0 Å². The summed E-state index contributed by atoms with van der Waals surface area (Å²) >= 11 is 13.4. The third-order valence-electron chi connectivity index (χ3n) is 4.59. The SMILES string of the molecule is COc1cccc(NC(=O)CSc2nc3ccccc3c(=O)n2-c2ccc(Cl)c(Cl)c2)c1. The van der Waals surface area contributed by atoms with E-state index in [0.717, 1.165) is 11.8 Å². The molecule has 0 saturated carbocycles. The lowest BCUT2D eigenvalue weighted by Crippen LogP contribution is -2.23. The zero-order valence-corrected chi connectivity index (χ0v) is 19.2. The number of ether oxygens (including phenoxy) is 1. The van der Waals surface area contributed by atoms with E-state index in [1.54, 1.807) is 67.8 Å². The fourth-order valence-corrected chi connectivity index (χ4v) is 4.19. The van der Waals surface area contributed by atoms with Crippen molar-refractivity contribution in [1.82, 2.24) is 9.55 Å². The molecule has 0 spiro atoms. The van der Waals surface area contributed by atoms with Gasteiger partial charge < -0.3 is 10.1 Å². The van der Waals surface area contributed by atoms with Gasteiger partial charge in [0.15, 0.2) is 5.16 Å². The zero-order valence-electron chi connectivity index (χ0n) is 16.8. The summed E-state index contributed by atoms with van der Waals surface area (Å²) in [5.41, 5.74) is 1.41. The molecule has 162 valence electrons. The minimum absolute atomic E-state index is 0.0450. The Morgan fingerprint density at radius 3 is 2.66 bits per heavy atom. The highest BCUT2D eigenvalue weighted by atomic mass is 35.5. The van der Waals surface area contributed by atoms with Crippen LogP contribution in [-0.2, 0) is 4.79 Å². The van der Waals surface area contributed by atoms with Gasteiger partial charge in [0.2, 0.25) is 5.91 Å². The molecule has 0 atom stereocenters. The summed E-state index contributed by atoms with van der Waals surface area (Å²) in [5.74, 6) is 0.440. The number of carbonyl (C=O) groups is 1. The fourth-order valence-electron chi connectivity index (χ4n) is 3.09. The molecule has 4 rings (SSSR count). The maximum absolute atomic E-state index is 13.3. The fraction of sp³-hybridized carbons (Fsp3) is 0.0870. The number of anilines is 1. The second-order valence-corrected chi connectivity index (χ2v) is 8.48. The number of para-hydroxylation sites is 1. The number of nitrogens with zero attached hydrogens (tertiary/aromatic N) is 2. The second kappa shape index (κ2) is 9.65. The van der Waals surface area contributed by atoms with Crippen LogP contribution in [0.1, 0.15) is 0 Å². The first kappa shape index (κ1) is 22.2. The molecule has 0 fully saturated rings. The molecular formula is C23H17Cl2N3O3S. The molecule has 1 amide bonds. The molecule has 0 aliphatic rings. The van der Waals surface area contributed by atoms with E-state index in [1.165, 1.54) is 4.57 Å². The van der Waals surface area contributed by atoms with Crippen molar-refractivity contribution in [2.45, 2.75) is 5.16 Å². The van der Waals surface area contributed by atoms with Gasteiger partial charge in [-0.2, -0.15) is 0 Å². The average molecular weight is 486 g/mol. The van der Waals surface area contributed by atoms with Crippen LogP contribution in [0.5, 0.6) is 5.75 Å². The first-order valence-electron chi connectivity index (χ1n) is 9.50. The van der Waals surface area contributed by atoms with Crippen LogP contribution < -0.4 is 15.6 Å². The van der Waals surface area contributed by atoms with Gasteiger partial charge in [0.05, 0.1) is 39.5 Å². The number of hydrogen-bond acceptors (Lipinski definition) is 5. The standard InChI is InChI=1S/C23H17Cl2N3O3S/c1-31-16-6-4-5-14(11-16)26-21(29)13-32-23-27-20-8-3-2-7-17(20)22(30)28(23)15-9-10-18(24)19(25)12-15/h2-12H,13H2,1H3,(H,26,29). The predicted molar refractivity (Wildman–Crippen MR) is 130 cm³/mol. The van der Waals surface area contributed by atoms with Gasteiger partial charge in [0.1, 0.15) is 5.75 Å². The first-order chi connectivity index (χ1) is 15.5. The van der Waals surface area contributed by atoms with E-state index in [2.05, 4.69) is 10.3 Å². The Labute approximate surface area is 198 Å². The molecule has 3 aromatic carbocycles. The summed E-state index contributed by atoms with van der Waals surface area (Å²) in [4.78, 5) is 30.4. The Bertz CT molecular complexity index is 1370. The number of rotatable bonds is 6. The van der Waals surface area contributed by atoms with Gasteiger partial charge >= 0.3 is 0 Å². The van der Waals surface area contributed by atoms with E-state index in [-0.39, 0.29) is 17.2 Å². The molecule has 6 nitrogen and oxygen atoms in total. The van der Waals surface area contributed by atoms with E-state index in [4.69, 9.17) is 27.9 Å². The molecular weight excluding hydrogens is 469 g/mol. The zero-order chi connectivity index (χ0) is 22.7. The molecule has 1 aromatic heterocycles. The quantitative estimate of drug-likeness (QED) is 0.291. The number of thioether (sulfide) groups is 1. The van der Waals surface area contributed by atoms with Gasteiger partial charge in [-0.15, -0.1) is 0 Å². The normalized spacial score (nSPS) is 10.8. The monoisotopic (exact) mass is 485 g/mol. The summed E-state index contributed by atoms with van der Waals surface area (Å²) in [5, 5.41) is 4.35. The number of benzene rings is 3. The molecule has 0 aliphatic heterocycles. The predicted octanol–water partition coefficient (Wildman–Crippen LogP) is 5.43. The molecule has 0 unspecified atom stereocenters. The number of amides is 1. The van der Waals surface area contributed by atoms with E-state index in [1.807, 2.05) is 6.07 Å². The van der Waals surface area contributed by atoms with Crippen molar-refractivity contribution in [3.63, 3.8) is 0 Å². The lowest BCUT2D eigenvalue weighted by Gasteiger charge is -2.14. The Kier molecular flexibility index (Phi) is 6.69. The number of methoxy groups -OCH3 is 1. The van der Waals surface area contributed by atoms with Crippen molar-refractivity contribution in [3.05, 3.63) is 87.1 Å². The average Bonchev–Trinajstić information content (AvgIpc) is 2.80. The number of fused-ring (bicyclic) bond motifs is 1. The van der Waals surface area contributed by atoms with Crippen molar-refractivity contribution in [2.24, 2.45) is 0 Å². The van der Waals surface area contributed by atoms with Gasteiger partial charge in [0, 0.05) is 11.8 Å². The van der Waals surface area contributed by atoms with E-state index in [9.17, 15) is 9.59 Å². The van der Waals surface area contributed by atoms with Crippen molar-refractivity contribution in [3.8, 4) is 11.4 Å². The van der Waals surface area contributed by atoms with E-state index in [0.29, 0.717) is 43.2 Å². The minimum atomic E-state index is -0.260. The summed E-state index contributed by atoms with van der Waals surface area (Å²) in [6.45, 7) is 0. The molecule has 0 bridgehead atoms. The van der Waals surface area contributed by atoms with Crippen LogP contribution in [0.25, 0.3) is 16.6 Å². The van der Waals surface area contributed by atoms with Crippen LogP contribution in [0.2, 0.25) is 10.0 Å². The first-order valence-corrected chi connectivity index (χ1v) is 11.2. The molecule has 1 heterocycles. The van der Waals surface area contributed by atoms with Gasteiger partial charge in [0.25, 0.3) is 5.56 Å². The molecule has 0 saturated heterocycles. The Balaban J connectivity index is 1.67. The Morgan fingerprint density at radius 2 is 1.88 bits per heavy atom. The lowest BCUT2D eigenvalue weighted by molar-refractivity contribution is -0.113. The largest absolute Gasteiger partial charge is 0.497 e. The van der Waals surface area contributed by atoms with Crippen molar-refractivity contribution < 1.29 is 9.53 Å². The van der Waals surface area contributed by atoms with Crippen LogP contribution >= 0.6 is 35.0 Å². The molecule has 1 N–H and O–H groups in total. The Hall–Kier alpha value is -3.00. The maximum Gasteiger partial charge on any atom is 0.266 e. The highest BCUT2D eigenvalue weighted by Crippen LogP contribution is 2.27. The molecule has 9 heteroatoms. The van der Waals surface area contributed by atoms with Gasteiger partial charge in [-0.3, -0.25) is 14.2 Å². The minimum Gasteiger partial charge on any atom is -0.497 e. The topological polar surface area (TPSA) is 73.2 Å². The van der Waals surface area contributed by atoms with Crippen LogP contribution in [0, 0.1) is 0 Å². The van der Waals surface area contributed by atoms with Gasteiger partial charge in [-0.1, -0.05) is 53.2 Å². The highest BCUT2D eigenvalue weighted by molar-refractivity contribution is 7.99. The third-order valence-corrected chi connectivity index (χ3v) is 6.27. The van der Waals surface area contributed by atoms with E-state index < -0.39 is 0 Å². The van der Waals surface area contributed by atoms with Crippen molar-refractivity contribution in [2.75, 3.05) is 18.2 Å². The van der Waals surface area contributed by atoms with Crippen LogP contribution in [0.3, 0.4) is 0 Å². The van der Waals surface area contributed by atoms with Crippen molar-refractivity contribution >= 4 is 57.5 Å². The van der Waals surface area contributed by atoms with Crippen LogP contribution in [0.15, 0.2) is 76.7 Å². The molecule has 32 heavy (non-hydrogen) atoms. The van der Waals surface area contributed by atoms with Gasteiger partial charge in [-0.25, -0.2) is 4.98 Å². The number of halogens is 2.